The first-order chi connectivity index (χ1) is 8.22. The van der Waals surface area contributed by atoms with Crippen molar-refractivity contribution in [1.29, 1.82) is 0 Å². The Bertz CT molecular complexity index is 139. The van der Waals surface area contributed by atoms with Gasteiger partial charge in [0, 0.05) is 0 Å². The van der Waals surface area contributed by atoms with E-state index in [0.29, 0.717) is 0 Å². The molecule has 1 unspecified atom stereocenters. The molecule has 0 bridgehead atoms. The summed E-state index contributed by atoms with van der Waals surface area (Å²) in [5.74, 6) is 2.54. The predicted octanol–water partition coefficient (Wildman–Crippen LogP) is 6.55. The summed E-state index contributed by atoms with van der Waals surface area (Å²) in [5.41, 5.74) is 0. The van der Waals surface area contributed by atoms with Crippen LogP contribution in [0.1, 0.15) is 98.3 Å². The summed E-state index contributed by atoms with van der Waals surface area (Å²) in [6.45, 7) is 9.28. The van der Waals surface area contributed by atoms with Gasteiger partial charge >= 0.3 is 0 Å². The molecular weight excluding hydrogens is 204 g/mol. The van der Waals surface area contributed by atoms with E-state index in [1.165, 1.54) is 70.6 Å². The van der Waals surface area contributed by atoms with Crippen LogP contribution in [-0.4, -0.2) is 0 Å². The van der Waals surface area contributed by atoms with E-state index in [1.54, 1.807) is 5.92 Å². The molecule has 1 radical (unpaired) electrons. The highest BCUT2D eigenvalue weighted by molar-refractivity contribution is 4.87. The van der Waals surface area contributed by atoms with Gasteiger partial charge in [-0.15, -0.1) is 0 Å². The van der Waals surface area contributed by atoms with Gasteiger partial charge < -0.3 is 0 Å². The standard InChI is InChI=1S/C17H35/c1-5-7-8-9-10-11-12-13-14-15-17(4)16(3)6-2/h17H,5-15H2,1-4H3. The quantitative estimate of drug-likeness (QED) is 0.339. The Labute approximate surface area is 111 Å². The fourth-order valence-electron chi connectivity index (χ4n) is 2.36. The van der Waals surface area contributed by atoms with Gasteiger partial charge in [0.2, 0.25) is 0 Å². The molecule has 0 saturated heterocycles. The van der Waals surface area contributed by atoms with Crippen molar-refractivity contribution in [1.82, 2.24) is 0 Å². The van der Waals surface area contributed by atoms with E-state index in [0.717, 1.165) is 5.92 Å². The van der Waals surface area contributed by atoms with E-state index in [-0.39, 0.29) is 0 Å². The zero-order valence-corrected chi connectivity index (χ0v) is 12.9. The fourth-order valence-corrected chi connectivity index (χ4v) is 2.36. The Morgan fingerprint density at radius 1 is 0.765 bits per heavy atom. The highest BCUT2D eigenvalue weighted by atomic mass is 14.1. The molecule has 1 atom stereocenters. The summed E-state index contributed by atoms with van der Waals surface area (Å²) in [6.07, 6.45) is 15.7. The lowest BCUT2D eigenvalue weighted by atomic mass is 9.89. The molecule has 0 spiro atoms. The summed E-state index contributed by atoms with van der Waals surface area (Å²) >= 11 is 0. The lowest BCUT2D eigenvalue weighted by Crippen LogP contribution is -2.04. The summed E-state index contributed by atoms with van der Waals surface area (Å²) in [4.78, 5) is 0. The molecule has 0 aliphatic carbocycles. The molecule has 0 rings (SSSR count). The highest BCUT2D eigenvalue weighted by Gasteiger charge is 2.09. The van der Waals surface area contributed by atoms with Crippen molar-refractivity contribution in [2.24, 2.45) is 5.92 Å². The van der Waals surface area contributed by atoms with Crippen LogP contribution in [0.3, 0.4) is 0 Å². The van der Waals surface area contributed by atoms with Gasteiger partial charge in [-0.25, -0.2) is 0 Å². The van der Waals surface area contributed by atoms with Crippen LogP contribution in [0, 0.1) is 11.8 Å². The average molecular weight is 239 g/mol. The lowest BCUT2D eigenvalue weighted by Gasteiger charge is -2.17. The highest BCUT2D eigenvalue weighted by Crippen LogP contribution is 2.23. The van der Waals surface area contributed by atoms with Gasteiger partial charge in [-0.05, 0) is 18.3 Å². The number of hydrogen-bond donors (Lipinski definition) is 0. The van der Waals surface area contributed by atoms with Crippen LogP contribution >= 0.6 is 0 Å². The third-order valence-electron chi connectivity index (χ3n) is 4.14. The number of rotatable bonds is 12. The Kier molecular flexibility index (Phi) is 12.5. The maximum absolute atomic E-state index is 2.39. The summed E-state index contributed by atoms with van der Waals surface area (Å²) in [5, 5.41) is 0. The maximum Gasteiger partial charge on any atom is -0.0246 e. The Morgan fingerprint density at radius 2 is 1.24 bits per heavy atom. The molecule has 0 N–H and O–H groups in total. The van der Waals surface area contributed by atoms with Crippen LogP contribution in [0.15, 0.2) is 0 Å². The lowest BCUT2D eigenvalue weighted by molar-refractivity contribution is 0.478. The molecule has 0 heteroatoms. The second-order valence-electron chi connectivity index (χ2n) is 5.72. The third-order valence-corrected chi connectivity index (χ3v) is 4.14. The second kappa shape index (κ2) is 12.5. The van der Waals surface area contributed by atoms with E-state index in [2.05, 4.69) is 27.7 Å². The minimum atomic E-state index is 0.851. The summed E-state index contributed by atoms with van der Waals surface area (Å²) in [6, 6.07) is 0. The van der Waals surface area contributed by atoms with Gasteiger partial charge in [0.25, 0.3) is 0 Å². The molecule has 0 heterocycles. The largest absolute Gasteiger partial charge is 0.0654 e. The van der Waals surface area contributed by atoms with Crippen LogP contribution in [-0.2, 0) is 0 Å². The van der Waals surface area contributed by atoms with Crippen molar-refractivity contribution in [3.8, 4) is 0 Å². The monoisotopic (exact) mass is 239 g/mol. The van der Waals surface area contributed by atoms with Gasteiger partial charge in [0.1, 0.15) is 0 Å². The second-order valence-corrected chi connectivity index (χ2v) is 5.72. The zero-order valence-electron chi connectivity index (χ0n) is 12.9. The molecule has 0 fully saturated rings. The van der Waals surface area contributed by atoms with Crippen LogP contribution in [0.25, 0.3) is 0 Å². The SMILES string of the molecule is CCCCCCCCCCCC(C)[C](C)CC. The topological polar surface area (TPSA) is 0 Å². The van der Waals surface area contributed by atoms with E-state index >= 15 is 0 Å². The van der Waals surface area contributed by atoms with Crippen LogP contribution in [0.2, 0.25) is 0 Å². The van der Waals surface area contributed by atoms with Crippen molar-refractivity contribution in [3.63, 3.8) is 0 Å². The molecule has 0 aromatic rings. The Morgan fingerprint density at radius 3 is 1.71 bits per heavy atom. The molecule has 0 amide bonds. The minimum Gasteiger partial charge on any atom is -0.0654 e. The number of unbranched alkanes of at least 4 members (excludes halogenated alkanes) is 8. The van der Waals surface area contributed by atoms with Crippen molar-refractivity contribution in [2.45, 2.75) is 98.3 Å². The normalized spacial score (nSPS) is 13.2. The first-order valence-corrected chi connectivity index (χ1v) is 8.04. The molecule has 0 saturated carbocycles. The third kappa shape index (κ3) is 10.9. The van der Waals surface area contributed by atoms with Gasteiger partial charge in [0.15, 0.2) is 0 Å². The number of hydrogen-bond acceptors (Lipinski definition) is 0. The molecule has 0 aliphatic rings. The Balaban J connectivity index is 3.13. The minimum absolute atomic E-state index is 0.851. The summed E-state index contributed by atoms with van der Waals surface area (Å²) in [7, 11) is 0. The molecule has 17 heavy (non-hydrogen) atoms. The molecule has 103 valence electrons. The van der Waals surface area contributed by atoms with E-state index in [1.807, 2.05) is 0 Å². The predicted molar refractivity (Wildman–Crippen MR) is 80.2 cm³/mol. The van der Waals surface area contributed by atoms with Gasteiger partial charge in [-0.2, -0.15) is 0 Å². The first-order valence-electron chi connectivity index (χ1n) is 8.04. The van der Waals surface area contributed by atoms with Crippen molar-refractivity contribution >= 4 is 0 Å². The van der Waals surface area contributed by atoms with Crippen molar-refractivity contribution in [3.05, 3.63) is 5.92 Å². The van der Waals surface area contributed by atoms with E-state index < -0.39 is 0 Å². The average Bonchev–Trinajstić information content (AvgIpc) is 2.35. The first kappa shape index (κ1) is 17.0. The smallest absolute Gasteiger partial charge is 0.0246 e. The molecule has 0 aliphatic heterocycles. The fraction of sp³-hybridized carbons (Fsp3) is 0.941. The molecule has 0 aromatic carbocycles. The molecular formula is C17H35. The molecule has 0 nitrogen and oxygen atoms in total. The van der Waals surface area contributed by atoms with Crippen LogP contribution in [0.4, 0.5) is 0 Å². The van der Waals surface area contributed by atoms with Crippen molar-refractivity contribution in [2.75, 3.05) is 0 Å². The van der Waals surface area contributed by atoms with Crippen LogP contribution < -0.4 is 0 Å². The summed E-state index contributed by atoms with van der Waals surface area (Å²) < 4.78 is 0. The van der Waals surface area contributed by atoms with E-state index in [9.17, 15) is 0 Å². The van der Waals surface area contributed by atoms with Gasteiger partial charge in [-0.3, -0.25) is 0 Å². The van der Waals surface area contributed by atoms with Crippen molar-refractivity contribution < 1.29 is 0 Å². The van der Waals surface area contributed by atoms with Crippen LogP contribution in [0.5, 0.6) is 0 Å². The van der Waals surface area contributed by atoms with E-state index in [4.69, 9.17) is 0 Å². The Hall–Kier alpha value is 0. The van der Waals surface area contributed by atoms with Gasteiger partial charge in [0.05, 0.1) is 0 Å². The zero-order chi connectivity index (χ0) is 12.9. The van der Waals surface area contributed by atoms with Gasteiger partial charge in [-0.1, -0.05) is 91.9 Å². The maximum atomic E-state index is 2.39. The molecule has 0 aromatic heterocycles.